The summed E-state index contributed by atoms with van der Waals surface area (Å²) in [5.74, 6) is 0.0707. The van der Waals surface area contributed by atoms with E-state index in [0.717, 1.165) is 25.2 Å². The largest absolute Gasteiger partial charge is 0.351 e. The highest BCUT2D eigenvalue weighted by molar-refractivity contribution is 5.99. The summed E-state index contributed by atoms with van der Waals surface area (Å²) in [6, 6.07) is 7.96. The fraction of sp³-hybridized carbons (Fsp3) is 0.600. The van der Waals surface area contributed by atoms with Crippen LogP contribution in [0.2, 0.25) is 0 Å². The number of halogens is 1. The highest BCUT2D eigenvalue weighted by atomic mass is 35.5. The molecule has 26 heavy (non-hydrogen) atoms. The number of nitrogens with one attached hydrogen (secondary N) is 2. The van der Waals surface area contributed by atoms with Crippen LogP contribution in [0.3, 0.4) is 0 Å². The maximum atomic E-state index is 12.4. The van der Waals surface area contributed by atoms with Crippen LogP contribution in [0.25, 0.3) is 0 Å². The molecule has 1 saturated heterocycles. The van der Waals surface area contributed by atoms with E-state index in [2.05, 4.69) is 10.6 Å². The van der Waals surface area contributed by atoms with Gasteiger partial charge < -0.3 is 15.5 Å². The summed E-state index contributed by atoms with van der Waals surface area (Å²) in [4.78, 5) is 26.0. The van der Waals surface area contributed by atoms with Gasteiger partial charge in [-0.05, 0) is 37.5 Å². The van der Waals surface area contributed by atoms with Crippen LogP contribution in [0.15, 0.2) is 24.3 Å². The zero-order valence-electron chi connectivity index (χ0n) is 15.3. The first kappa shape index (κ1) is 20.7. The number of hydrogen-bond acceptors (Lipinski definition) is 3. The van der Waals surface area contributed by atoms with E-state index in [1.165, 1.54) is 38.5 Å². The molecule has 1 saturated carbocycles. The van der Waals surface area contributed by atoms with Crippen LogP contribution in [0.1, 0.15) is 61.7 Å². The molecule has 1 heterocycles. The maximum Gasteiger partial charge on any atom is 0.251 e. The Morgan fingerprint density at radius 1 is 1.08 bits per heavy atom. The van der Waals surface area contributed by atoms with E-state index in [9.17, 15) is 9.59 Å². The number of carbonyl (C=O) groups excluding carboxylic acids is 2. The molecule has 0 radical (unpaired) electrons. The van der Waals surface area contributed by atoms with Crippen molar-refractivity contribution < 1.29 is 9.59 Å². The van der Waals surface area contributed by atoms with Gasteiger partial charge in [0.2, 0.25) is 5.91 Å². The van der Waals surface area contributed by atoms with E-state index in [4.69, 9.17) is 0 Å². The SMILES string of the molecule is Cl.O=C(NCCNC1CCCCCC1)c1cccc(N2CCCC2=O)c1. The molecule has 0 bridgehead atoms. The lowest BCUT2D eigenvalue weighted by atomic mass is 10.1. The van der Waals surface area contributed by atoms with Crippen molar-refractivity contribution in [1.29, 1.82) is 0 Å². The minimum Gasteiger partial charge on any atom is -0.351 e. The van der Waals surface area contributed by atoms with Crippen LogP contribution in [-0.2, 0) is 4.79 Å². The number of hydrogen-bond donors (Lipinski definition) is 2. The Labute approximate surface area is 162 Å². The van der Waals surface area contributed by atoms with Crippen molar-refractivity contribution in [3.63, 3.8) is 0 Å². The molecule has 144 valence electrons. The molecular weight excluding hydrogens is 350 g/mol. The van der Waals surface area contributed by atoms with Gasteiger partial charge in [-0.25, -0.2) is 0 Å². The number of nitrogens with zero attached hydrogens (tertiary/aromatic N) is 1. The summed E-state index contributed by atoms with van der Waals surface area (Å²) < 4.78 is 0. The van der Waals surface area contributed by atoms with Crippen molar-refractivity contribution in [2.24, 2.45) is 0 Å². The molecule has 2 amide bonds. The van der Waals surface area contributed by atoms with Crippen molar-refractivity contribution in [2.75, 3.05) is 24.5 Å². The Hall–Kier alpha value is -1.59. The molecule has 0 aromatic heterocycles. The first-order valence-corrected chi connectivity index (χ1v) is 9.66. The predicted octanol–water partition coefficient (Wildman–Crippen LogP) is 3.28. The lowest BCUT2D eigenvalue weighted by Gasteiger charge is -2.17. The number of anilines is 1. The molecule has 1 aliphatic carbocycles. The topological polar surface area (TPSA) is 61.4 Å². The van der Waals surface area contributed by atoms with Gasteiger partial charge in [0.05, 0.1) is 0 Å². The fourth-order valence-electron chi connectivity index (χ4n) is 3.77. The molecular formula is C20H30ClN3O2. The van der Waals surface area contributed by atoms with E-state index in [1.807, 2.05) is 18.2 Å². The van der Waals surface area contributed by atoms with Crippen molar-refractivity contribution in [2.45, 2.75) is 57.4 Å². The maximum absolute atomic E-state index is 12.4. The molecule has 1 aromatic carbocycles. The van der Waals surface area contributed by atoms with Gasteiger partial charge >= 0.3 is 0 Å². The number of benzene rings is 1. The molecule has 5 nitrogen and oxygen atoms in total. The molecule has 0 unspecified atom stereocenters. The van der Waals surface area contributed by atoms with Gasteiger partial charge in [-0.15, -0.1) is 12.4 Å². The standard InChI is InChI=1S/C20H29N3O2.ClH/c24-19-11-6-14-23(19)18-10-5-7-16(15-18)20(25)22-13-12-21-17-8-3-1-2-4-9-17;/h5,7,10,15,17,21H,1-4,6,8-9,11-14H2,(H,22,25);1H. The van der Waals surface area contributed by atoms with E-state index in [-0.39, 0.29) is 24.2 Å². The first-order valence-electron chi connectivity index (χ1n) is 9.66. The summed E-state index contributed by atoms with van der Waals surface area (Å²) in [5, 5.41) is 6.54. The van der Waals surface area contributed by atoms with Crippen molar-refractivity contribution in [1.82, 2.24) is 10.6 Å². The molecule has 2 N–H and O–H groups in total. The Morgan fingerprint density at radius 3 is 2.54 bits per heavy atom. The van der Waals surface area contributed by atoms with Crippen LogP contribution in [0.4, 0.5) is 5.69 Å². The normalized spacial score (nSPS) is 18.3. The molecule has 1 aliphatic heterocycles. The Balaban J connectivity index is 0.00000243. The molecule has 1 aromatic rings. The third kappa shape index (κ3) is 5.71. The Bertz CT molecular complexity index is 600. The van der Waals surface area contributed by atoms with Crippen LogP contribution in [0.5, 0.6) is 0 Å². The average Bonchev–Trinajstić information content (AvgIpc) is 2.90. The fourth-order valence-corrected chi connectivity index (χ4v) is 3.77. The number of amides is 2. The monoisotopic (exact) mass is 379 g/mol. The van der Waals surface area contributed by atoms with Crippen molar-refractivity contribution in [3.8, 4) is 0 Å². The lowest BCUT2D eigenvalue weighted by molar-refractivity contribution is -0.117. The number of rotatable bonds is 6. The first-order chi connectivity index (χ1) is 12.2. The van der Waals surface area contributed by atoms with E-state index < -0.39 is 0 Å². The quantitative estimate of drug-likeness (QED) is 0.589. The van der Waals surface area contributed by atoms with Gasteiger partial charge in [-0.3, -0.25) is 9.59 Å². The van der Waals surface area contributed by atoms with Crippen molar-refractivity contribution in [3.05, 3.63) is 29.8 Å². The molecule has 2 fully saturated rings. The van der Waals surface area contributed by atoms with Gasteiger partial charge in [0, 0.05) is 43.3 Å². The van der Waals surface area contributed by atoms with Gasteiger partial charge in [-0.2, -0.15) is 0 Å². The smallest absolute Gasteiger partial charge is 0.251 e. The zero-order valence-corrected chi connectivity index (χ0v) is 16.2. The van der Waals surface area contributed by atoms with Gasteiger partial charge in [-0.1, -0.05) is 31.7 Å². The van der Waals surface area contributed by atoms with Crippen LogP contribution < -0.4 is 15.5 Å². The highest BCUT2D eigenvalue weighted by Crippen LogP contribution is 2.22. The molecule has 0 spiro atoms. The second-order valence-electron chi connectivity index (χ2n) is 7.10. The number of carbonyl (C=O) groups is 2. The van der Waals surface area contributed by atoms with Gasteiger partial charge in [0.1, 0.15) is 0 Å². The van der Waals surface area contributed by atoms with Gasteiger partial charge in [0.15, 0.2) is 0 Å². The lowest BCUT2D eigenvalue weighted by Crippen LogP contribution is -2.37. The third-order valence-electron chi connectivity index (χ3n) is 5.19. The molecule has 2 aliphatic rings. The Morgan fingerprint density at radius 2 is 1.85 bits per heavy atom. The summed E-state index contributed by atoms with van der Waals surface area (Å²) in [7, 11) is 0. The molecule has 6 heteroatoms. The summed E-state index contributed by atoms with van der Waals surface area (Å²) >= 11 is 0. The summed E-state index contributed by atoms with van der Waals surface area (Å²) in [5.41, 5.74) is 1.44. The second-order valence-corrected chi connectivity index (χ2v) is 7.10. The van der Waals surface area contributed by atoms with E-state index in [1.54, 1.807) is 11.0 Å². The molecule has 3 rings (SSSR count). The third-order valence-corrected chi connectivity index (χ3v) is 5.19. The Kier molecular flexibility index (Phi) is 8.39. The van der Waals surface area contributed by atoms with E-state index >= 15 is 0 Å². The van der Waals surface area contributed by atoms with Crippen molar-refractivity contribution >= 4 is 29.9 Å². The molecule has 0 atom stereocenters. The minimum absolute atomic E-state index is 0. The summed E-state index contributed by atoms with van der Waals surface area (Å²) in [6.07, 6.45) is 9.32. The zero-order chi connectivity index (χ0) is 17.5. The minimum atomic E-state index is -0.0730. The summed E-state index contributed by atoms with van der Waals surface area (Å²) in [6.45, 7) is 2.18. The second kappa shape index (κ2) is 10.5. The van der Waals surface area contributed by atoms with Crippen LogP contribution >= 0.6 is 12.4 Å². The predicted molar refractivity (Wildman–Crippen MR) is 107 cm³/mol. The van der Waals surface area contributed by atoms with Gasteiger partial charge in [0.25, 0.3) is 5.91 Å². The van der Waals surface area contributed by atoms with Crippen LogP contribution in [-0.4, -0.2) is 37.5 Å². The van der Waals surface area contributed by atoms with E-state index in [0.29, 0.717) is 24.6 Å². The van der Waals surface area contributed by atoms with Crippen LogP contribution in [0, 0.1) is 0 Å². The average molecular weight is 380 g/mol. The highest BCUT2D eigenvalue weighted by Gasteiger charge is 2.22.